The average Bonchev–Trinajstić information content (AvgIpc) is 2.52. The number of benzene rings is 1. The first-order chi connectivity index (χ1) is 11.3. The number of ether oxygens (including phenoxy) is 1. The first-order valence-corrected chi connectivity index (χ1v) is 7.63. The Balaban J connectivity index is 2.00. The van der Waals surface area contributed by atoms with E-state index in [2.05, 4.69) is 15.0 Å². The Morgan fingerprint density at radius 3 is 2.50 bits per heavy atom. The second-order valence-electron chi connectivity index (χ2n) is 4.78. The normalized spacial score (nSPS) is 10.7. The quantitative estimate of drug-likeness (QED) is 0.622. The van der Waals surface area contributed by atoms with Gasteiger partial charge in [0.25, 0.3) is 5.76 Å². The number of aromatic nitrogens is 3. The lowest BCUT2D eigenvalue weighted by Crippen LogP contribution is -2.17. The zero-order valence-corrected chi connectivity index (χ0v) is 13.8. The van der Waals surface area contributed by atoms with Crippen LogP contribution in [0.3, 0.4) is 0 Å². The lowest BCUT2D eigenvalue weighted by molar-refractivity contribution is 0.0462. The van der Waals surface area contributed by atoms with E-state index in [1.807, 2.05) is 0 Å². The Kier molecular flexibility index (Phi) is 5.85. The van der Waals surface area contributed by atoms with Gasteiger partial charge in [0.2, 0.25) is 11.9 Å². The highest BCUT2D eigenvalue weighted by molar-refractivity contribution is 7.99. The molecule has 1 heterocycles. The van der Waals surface area contributed by atoms with Crippen molar-refractivity contribution in [1.82, 2.24) is 15.0 Å². The van der Waals surface area contributed by atoms with E-state index in [1.54, 1.807) is 19.0 Å². The van der Waals surface area contributed by atoms with Crippen LogP contribution in [-0.2, 0) is 11.3 Å². The van der Waals surface area contributed by atoms with Crippen molar-refractivity contribution >= 4 is 29.6 Å². The molecule has 10 heteroatoms. The molecule has 0 radical (unpaired) electrons. The molecule has 2 aromatic rings. The molecule has 1 aromatic carbocycles. The van der Waals surface area contributed by atoms with Crippen molar-refractivity contribution in [3.05, 3.63) is 35.7 Å². The third kappa shape index (κ3) is 5.01. The van der Waals surface area contributed by atoms with Crippen LogP contribution in [0.2, 0.25) is 0 Å². The van der Waals surface area contributed by atoms with Gasteiger partial charge in [0.05, 0.1) is 5.56 Å². The minimum absolute atomic E-state index is 0.0214. The number of carbonyl (C=O) groups excluding carboxylic acids is 1. The number of esters is 1. The highest BCUT2D eigenvalue weighted by Crippen LogP contribution is 2.25. The Labute approximate surface area is 141 Å². The molecule has 0 bridgehead atoms. The predicted molar refractivity (Wildman–Crippen MR) is 86.0 cm³/mol. The largest absolute Gasteiger partial charge is 0.454 e. The molecule has 0 aliphatic carbocycles. The van der Waals surface area contributed by atoms with Crippen molar-refractivity contribution in [3.63, 3.8) is 0 Å². The van der Waals surface area contributed by atoms with Gasteiger partial charge >= 0.3 is 5.97 Å². The van der Waals surface area contributed by atoms with Crippen LogP contribution in [0.1, 0.15) is 16.2 Å². The van der Waals surface area contributed by atoms with Gasteiger partial charge in [0.15, 0.2) is 12.4 Å². The summed E-state index contributed by atoms with van der Waals surface area (Å²) in [6.07, 6.45) is 0. The number of nitrogen functional groups attached to an aromatic ring is 1. The number of nitrogens with zero attached hydrogens (tertiary/aromatic N) is 4. The van der Waals surface area contributed by atoms with Gasteiger partial charge in [-0.2, -0.15) is 23.7 Å². The summed E-state index contributed by atoms with van der Waals surface area (Å²) in [5.74, 6) is -2.54. The highest BCUT2D eigenvalue weighted by atomic mass is 32.2. The fraction of sp³-hybridized carbons (Fsp3) is 0.286. The topological polar surface area (TPSA) is 94.2 Å². The molecule has 0 aliphatic heterocycles. The van der Waals surface area contributed by atoms with Crippen molar-refractivity contribution in [2.24, 2.45) is 0 Å². The van der Waals surface area contributed by atoms with Gasteiger partial charge < -0.3 is 15.4 Å². The average molecular weight is 355 g/mol. The smallest absolute Gasteiger partial charge is 0.338 e. The molecule has 2 rings (SSSR count). The number of carbonyl (C=O) groups is 1. The lowest BCUT2D eigenvalue weighted by Gasteiger charge is -2.11. The van der Waals surface area contributed by atoms with Gasteiger partial charge in [-0.1, -0.05) is 11.8 Å². The first kappa shape index (κ1) is 17.9. The number of nitrogens with two attached hydrogens (primary N) is 1. The fourth-order valence-electron chi connectivity index (χ4n) is 1.68. The summed E-state index contributed by atoms with van der Waals surface area (Å²) < 4.78 is 29.6. The summed E-state index contributed by atoms with van der Waals surface area (Å²) in [6, 6.07) is 5.69. The number of halogens is 2. The number of rotatable bonds is 6. The Bertz CT molecular complexity index is 713. The molecule has 1 aromatic heterocycles. The summed E-state index contributed by atoms with van der Waals surface area (Å²) in [4.78, 5) is 25.9. The SMILES string of the molecule is CN(C)c1nc(N)nc(COC(=O)c2ccc(SC(F)F)cc2)n1. The van der Waals surface area contributed by atoms with Crippen LogP contribution in [0, 0.1) is 0 Å². The van der Waals surface area contributed by atoms with Gasteiger partial charge in [-0.25, -0.2) is 4.79 Å². The highest BCUT2D eigenvalue weighted by Gasteiger charge is 2.12. The van der Waals surface area contributed by atoms with Gasteiger partial charge in [-0.3, -0.25) is 0 Å². The molecule has 0 atom stereocenters. The molecule has 24 heavy (non-hydrogen) atoms. The second kappa shape index (κ2) is 7.86. The molecule has 0 spiro atoms. The van der Waals surface area contributed by atoms with Crippen LogP contribution in [0.15, 0.2) is 29.2 Å². The molecule has 128 valence electrons. The first-order valence-electron chi connectivity index (χ1n) is 6.75. The maximum Gasteiger partial charge on any atom is 0.338 e. The summed E-state index contributed by atoms with van der Waals surface area (Å²) >= 11 is 0.404. The minimum atomic E-state index is -2.51. The van der Waals surface area contributed by atoms with Gasteiger partial charge in [0, 0.05) is 19.0 Å². The Morgan fingerprint density at radius 2 is 1.92 bits per heavy atom. The number of anilines is 2. The molecular formula is C14H15F2N5O2S. The molecule has 0 aliphatic rings. The zero-order valence-electron chi connectivity index (χ0n) is 12.9. The van der Waals surface area contributed by atoms with Crippen LogP contribution >= 0.6 is 11.8 Å². The molecule has 0 saturated heterocycles. The standard InChI is InChI=1S/C14H15F2N5O2S/c1-21(2)14-19-10(18-13(17)20-14)7-23-11(22)8-3-5-9(6-4-8)24-12(15)16/h3-6,12H,7H2,1-2H3,(H2,17,18,19,20). The monoisotopic (exact) mass is 355 g/mol. The third-order valence-corrected chi connectivity index (χ3v) is 3.46. The van der Waals surface area contributed by atoms with Gasteiger partial charge in [-0.15, -0.1) is 0 Å². The van der Waals surface area contributed by atoms with Crippen LogP contribution in [0.4, 0.5) is 20.7 Å². The molecule has 0 fully saturated rings. The summed E-state index contributed by atoms with van der Waals surface area (Å²) in [5.41, 5.74) is 5.82. The van der Waals surface area contributed by atoms with Crippen LogP contribution in [0.25, 0.3) is 0 Å². The number of thioether (sulfide) groups is 1. The molecule has 0 unspecified atom stereocenters. The number of hydrogen-bond acceptors (Lipinski definition) is 8. The van der Waals surface area contributed by atoms with E-state index in [0.717, 1.165) is 0 Å². The molecule has 2 N–H and O–H groups in total. The van der Waals surface area contributed by atoms with E-state index in [-0.39, 0.29) is 23.9 Å². The third-order valence-electron chi connectivity index (χ3n) is 2.73. The number of hydrogen-bond donors (Lipinski definition) is 1. The van der Waals surface area contributed by atoms with E-state index >= 15 is 0 Å². The van der Waals surface area contributed by atoms with Crippen molar-refractivity contribution in [3.8, 4) is 0 Å². The van der Waals surface area contributed by atoms with E-state index < -0.39 is 11.7 Å². The lowest BCUT2D eigenvalue weighted by atomic mass is 10.2. The zero-order chi connectivity index (χ0) is 17.7. The molecular weight excluding hydrogens is 340 g/mol. The summed E-state index contributed by atoms with van der Waals surface area (Å²) in [7, 11) is 3.48. The minimum Gasteiger partial charge on any atom is -0.454 e. The van der Waals surface area contributed by atoms with Crippen molar-refractivity contribution in [2.75, 3.05) is 24.7 Å². The van der Waals surface area contributed by atoms with E-state index in [1.165, 1.54) is 24.3 Å². The summed E-state index contributed by atoms with van der Waals surface area (Å²) in [5, 5.41) is 0. The van der Waals surface area contributed by atoms with E-state index in [4.69, 9.17) is 10.5 Å². The second-order valence-corrected chi connectivity index (χ2v) is 5.85. The van der Waals surface area contributed by atoms with Crippen LogP contribution in [-0.4, -0.2) is 40.8 Å². The Morgan fingerprint density at radius 1 is 1.25 bits per heavy atom. The molecule has 7 nitrogen and oxygen atoms in total. The van der Waals surface area contributed by atoms with Crippen molar-refractivity contribution in [2.45, 2.75) is 17.3 Å². The maximum absolute atomic E-state index is 12.2. The summed E-state index contributed by atoms with van der Waals surface area (Å²) in [6.45, 7) is -0.181. The van der Waals surface area contributed by atoms with Crippen LogP contribution < -0.4 is 10.6 Å². The Hall–Kier alpha value is -2.49. The maximum atomic E-state index is 12.2. The molecule has 0 saturated carbocycles. The van der Waals surface area contributed by atoms with Gasteiger partial charge in [-0.05, 0) is 24.3 Å². The van der Waals surface area contributed by atoms with Crippen molar-refractivity contribution in [1.29, 1.82) is 0 Å². The predicted octanol–water partition coefficient (Wildman–Crippen LogP) is 2.19. The van der Waals surface area contributed by atoms with E-state index in [9.17, 15) is 13.6 Å². The van der Waals surface area contributed by atoms with Crippen LogP contribution in [0.5, 0.6) is 0 Å². The van der Waals surface area contributed by atoms with E-state index in [0.29, 0.717) is 22.6 Å². The number of alkyl halides is 2. The fourth-order valence-corrected chi connectivity index (χ4v) is 2.17. The van der Waals surface area contributed by atoms with Gasteiger partial charge in [0.1, 0.15) is 0 Å². The van der Waals surface area contributed by atoms with Crippen molar-refractivity contribution < 1.29 is 18.3 Å². The molecule has 0 amide bonds.